The van der Waals surface area contributed by atoms with Crippen LogP contribution in [0.1, 0.15) is 11.3 Å². The summed E-state index contributed by atoms with van der Waals surface area (Å²) < 4.78 is 1.05. The van der Waals surface area contributed by atoms with Crippen molar-refractivity contribution in [1.82, 2.24) is 4.98 Å². The first-order chi connectivity index (χ1) is 5.25. The Kier molecular flexibility index (Phi) is 3.09. The average Bonchev–Trinajstić information content (AvgIpc) is 2.27. The van der Waals surface area contributed by atoms with Gasteiger partial charge in [-0.25, -0.2) is 0 Å². The van der Waals surface area contributed by atoms with Crippen LogP contribution in [0.15, 0.2) is 16.7 Å². The lowest BCUT2D eigenvalue weighted by Gasteiger charge is -1.95. The van der Waals surface area contributed by atoms with Gasteiger partial charge < -0.3 is 5.73 Å². The lowest BCUT2D eigenvalue weighted by Crippen LogP contribution is -2.19. The van der Waals surface area contributed by atoms with Crippen molar-refractivity contribution >= 4 is 28.3 Å². The highest BCUT2D eigenvalue weighted by molar-refractivity contribution is 9.10. The van der Waals surface area contributed by atoms with E-state index in [1.54, 1.807) is 0 Å². The maximum Gasteiger partial charge on any atom is 0.0452 e. The quantitative estimate of drug-likeness (QED) is 0.760. The summed E-state index contributed by atoms with van der Waals surface area (Å²) in [5, 5.41) is 0. The molecule has 1 heterocycles. The number of rotatable bonds is 0. The van der Waals surface area contributed by atoms with Gasteiger partial charge in [0.2, 0.25) is 0 Å². The minimum absolute atomic E-state index is 0. The standard InChI is InChI=1S/C8H9BrN2.ClH/c9-6-1-5-2-7(10)3-8(5)11-4-6;/h1,4,7H,2-3,10H2;1H. The molecule has 1 unspecified atom stereocenters. The number of nitrogens with two attached hydrogens (primary N) is 1. The van der Waals surface area contributed by atoms with Gasteiger partial charge in [0.15, 0.2) is 0 Å². The molecule has 4 heteroatoms. The molecule has 1 aliphatic carbocycles. The van der Waals surface area contributed by atoms with Crippen molar-refractivity contribution in [1.29, 1.82) is 0 Å². The maximum absolute atomic E-state index is 5.78. The van der Waals surface area contributed by atoms with Gasteiger partial charge in [-0.2, -0.15) is 0 Å². The van der Waals surface area contributed by atoms with Crippen molar-refractivity contribution in [3.8, 4) is 0 Å². The zero-order valence-electron chi connectivity index (χ0n) is 6.46. The topological polar surface area (TPSA) is 38.9 Å². The fourth-order valence-corrected chi connectivity index (χ4v) is 1.85. The third-order valence-electron chi connectivity index (χ3n) is 1.96. The zero-order chi connectivity index (χ0) is 7.84. The molecular formula is C8H10BrClN2. The van der Waals surface area contributed by atoms with Crippen molar-refractivity contribution in [3.63, 3.8) is 0 Å². The van der Waals surface area contributed by atoms with E-state index in [2.05, 4.69) is 27.0 Å². The number of pyridine rings is 1. The molecule has 1 aromatic rings. The predicted octanol–water partition coefficient (Wildman–Crippen LogP) is 1.69. The maximum atomic E-state index is 5.78. The normalized spacial score (nSPS) is 20.0. The van der Waals surface area contributed by atoms with Gasteiger partial charge in [-0.1, -0.05) is 0 Å². The molecule has 12 heavy (non-hydrogen) atoms. The van der Waals surface area contributed by atoms with Crippen LogP contribution < -0.4 is 5.73 Å². The van der Waals surface area contributed by atoms with Crippen LogP contribution in [-0.2, 0) is 12.8 Å². The van der Waals surface area contributed by atoms with E-state index >= 15 is 0 Å². The molecule has 66 valence electrons. The van der Waals surface area contributed by atoms with E-state index in [-0.39, 0.29) is 18.4 Å². The first kappa shape index (κ1) is 9.96. The second-order valence-electron chi connectivity index (χ2n) is 2.93. The summed E-state index contributed by atoms with van der Waals surface area (Å²) in [4.78, 5) is 4.28. The number of hydrogen-bond donors (Lipinski definition) is 1. The molecule has 1 aliphatic rings. The van der Waals surface area contributed by atoms with Crippen molar-refractivity contribution in [2.45, 2.75) is 18.9 Å². The number of aromatic nitrogens is 1. The smallest absolute Gasteiger partial charge is 0.0452 e. The van der Waals surface area contributed by atoms with Crippen LogP contribution in [0.25, 0.3) is 0 Å². The SMILES string of the molecule is Cl.NC1Cc2cc(Br)cnc2C1. The van der Waals surface area contributed by atoms with Gasteiger partial charge in [0.1, 0.15) is 0 Å². The molecule has 0 radical (unpaired) electrons. The van der Waals surface area contributed by atoms with Gasteiger partial charge >= 0.3 is 0 Å². The van der Waals surface area contributed by atoms with E-state index in [0.717, 1.165) is 17.3 Å². The van der Waals surface area contributed by atoms with Gasteiger partial charge in [-0.3, -0.25) is 4.98 Å². The minimum atomic E-state index is 0. The van der Waals surface area contributed by atoms with Crippen molar-refractivity contribution in [2.24, 2.45) is 5.73 Å². The Morgan fingerprint density at radius 1 is 1.50 bits per heavy atom. The molecule has 0 fully saturated rings. The average molecular weight is 250 g/mol. The summed E-state index contributed by atoms with van der Waals surface area (Å²) in [5.74, 6) is 0. The highest BCUT2D eigenvalue weighted by Crippen LogP contribution is 2.21. The Bertz CT molecular complexity index is 290. The molecule has 0 amide bonds. The largest absolute Gasteiger partial charge is 0.327 e. The van der Waals surface area contributed by atoms with Crippen LogP contribution in [0.3, 0.4) is 0 Å². The summed E-state index contributed by atoms with van der Waals surface area (Å²) in [6.45, 7) is 0. The Labute approximate surface area is 86.1 Å². The molecule has 2 nitrogen and oxygen atoms in total. The van der Waals surface area contributed by atoms with Crippen molar-refractivity contribution in [3.05, 3.63) is 28.0 Å². The van der Waals surface area contributed by atoms with Crippen LogP contribution in [0.4, 0.5) is 0 Å². The number of nitrogens with zero attached hydrogens (tertiary/aromatic N) is 1. The van der Waals surface area contributed by atoms with Crippen LogP contribution in [0, 0.1) is 0 Å². The van der Waals surface area contributed by atoms with E-state index < -0.39 is 0 Å². The van der Waals surface area contributed by atoms with Gasteiger partial charge in [0.25, 0.3) is 0 Å². The van der Waals surface area contributed by atoms with Gasteiger partial charge in [0.05, 0.1) is 0 Å². The molecule has 0 saturated carbocycles. The Balaban J connectivity index is 0.000000720. The van der Waals surface area contributed by atoms with Crippen LogP contribution in [-0.4, -0.2) is 11.0 Å². The summed E-state index contributed by atoms with van der Waals surface area (Å²) in [6, 6.07) is 2.39. The third kappa shape index (κ3) is 1.79. The molecule has 0 aliphatic heterocycles. The molecule has 0 bridgehead atoms. The highest BCUT2D eigenvalue weighted by atomic mass is 79.9. The summed E-state index contributed by atoms with van der Waals surface area (Å²) in [7, 11) is 0. The van der Waals surface area contributed by atoms with Gasteiger partial charge in [0, 0.05) is 28.8 Å². The molecule has 0 spiro atoms. The van der Waals surface area contributed by atoms with Gasteiger partial charge in [-0.15, -0.1) is 12.4 Å². The van der Waals surface area contributed by atoms with Crippen molar-refractivity contribution in [2.75, 3.05) is 0 Å². The summed E-state index contributed by atoms with van der Waals surface area (Å²) in [6.07, 6.45) is 3.74. The van der Waals surface area contributed by atoms with E-state index in [1.807, 2.05) is 6.20 Å². The number of hydrogen-bond acceptors (Lipinski definition) is 2. The number of fused-ring (bicyclic) bond motifs is 1. The van der Waals surface area contributed by atoms with Crippen LogP contribution in [0.5, 0.6) is 0 Å². The Morgan fingerprint density at radius 2 is 2.25 bits per heavy atom. The Morgan fingerprint density at radius 3 is 3.00 bits per heavy atom. The zero-order valence-corrected chi connectivity index (χ0v) is 8.86. The molecule has 2 N–H and O–H groups in total. The fourth-order valence-electron chi connectivity index (χ4n) is 1.47. The van der Waals surface area contributed by atoms with E-state index in [0.29, 0.717) is 0 Å². The van der Waals surface area contributed by atoms with Crippen LogP contribution in [0.2, 0.25) is 0 Å². The highest BCUT2D eigenvalue weighted by Gasteiger charge is 2.18. The van der Waals surface area contributed by atoms with Gasteiger partial charge in [-0.05, 0) is 34.0 Å². The molecule has 1 aromatic heterocycles. The first-order valence-electron chi connectivity index (χ1n) is 3.64. The molecule has 0 aromatic carbocycles. The monoisotopic (exact) mass is 248 g/mol. The summed E-state index contributed by atoms with van der Waals surface area (Å²) in [5.41, 5.74) is 8.25. The first-order valence-corrected chi connectivity index (χ1v) is 4.44. The molecular weight excluding hydrogens is 239 g/mol. The van der Waals surface area contributed by atoms with Crippen molar-refractivity contribution < 1.29 is 0 Å². The predicted molar refractivity (Wildman–Crippen MR) is 54.6 cm³/mol. The lowest BCUT2D eigenvalue weighted by atomic mass is 10.2. The summed E-state index contributed by atoms with van der Waals surface area (Å²) >= 11 is 3.38. The minimum Gasteiger partial charge on any atom is -0.327 e. The van der Waals surface area contributed by atoms with E-state index in [9.17, 15) is 0 Å². The molecule has 2 rings (SSSR count). The van der Waals surface area contributed by atoms with E-state index in [1.165, 1.54) is 11.3 Å². The Hall–Kier alpha value is -0.120. The fraction of sp³-hybridized carbons (Fsp3) is 0.375. The lowest BCUT2D eigenvalue weighted by molar-refractivity contribution is 0.716. The number of halogens is 2. The molecule has 1 atom stereocenters. The van der Waals surface area contributed by atoms with Crippen LogP contribution >= 0.6 is 28.3 Å². The second-order valence-corrected chi connectivity index (χ2v) is 3.84. The van der Waals surface area contributed by atoms with E-state index in [4.69, 9.17) is 5.73 Å². The third-order valence-corrected chi connectivity index (χ3v) is 2.40. The molecule has 0 saturated heterocycles. The second kappa shape index (κ2) is 3.73.